The zero-order valence-corrected chi connectivity index (χ0v) is 12.7. The average molecular weight is 334 g/mol. The number of phenolic OH excluding ortho intramolecular Hbond substituents is 1. The Bertz CT molecular complexity index is 750. The minimum absolute atomic E-state index is 0.0407. The second kappa shape index (κ2) is 6.74. The Morgan fingerprint density at radius 2 is 2.00 bits per heavy atom. The van der Waals surface area contributed by atoms with E-state index in [0.29, 0.717) is 12.1 Å². The lowest BCUT2D eigenvalue weighted by molar-refractivity contribution is 0.209. The Labute approximate surface area is 137 Å². The van der Waals surface area contributed by atoms with Gasteiger partial charge in [-0.05, 0) is 30.2 Å². The summed E-state index contributed by atoms with van der Waals surface area (Å²) in [7, 11) is 0. The number of nitrogens with one attached hydrogen (secondary N) is 2. The molecule has 3 rings (SSSR count). The number of carbonyl (C=O) groups excluding carboxylic acids is 1. The summed E-state index contributed by atoms with van der Waals surface area (Å²) >= 11 is 0. The van der Waals surface area contributed by atoms with Crippen molar-refractivity contribution in [1.82, 2.24) is 10.6 Å². The molecule has 0 radical (unpaired) electrons. The molecule has 1 unspecified atom stereocenters. The number of halogens is 2. The van der Waals surface area contributed by atoms with E-state index in [0.717, 1.165) is 11.6 Å². The summed E-state index contributed by atoms with van der Waals surface area (Å²) in [6, 6.07) is 7.66. The molecule has 1 atom stereocenters. The topological polar surface area (TPSA) is 70.6 Å². The van der Waals surface area contributed by atoms with Crippen LogP contribution in [0.3, 0.4) is 0 Å². The zero-order valence-electron chi connectivity index (χ0n) is 12.7. The number of hydrogen-bond acceptors (Lipinski definition) is 3. The van der Waals surface area contributed by atoms with Crippen LogP contribution in [0.1, 0.15) is 11.1 Å². The Kier molecular flexibility index (Phi) is 4.50. The molecule has 126 valence electrons. The van der Waals surface area contributed by atoms with Crippen molar-refractivity contribution >= 4 is 6.03 Å². The molecule has 2 aromatic carbocycles. The van der Waals surface area contributed by atoms with E-state index < -0.39 is 17.7 Å². The molecular weight excluding hydrogens is 318 g/mol. The van der Waals surface area contributed by atoms with Crippen molar-refractivity contribution in [2.75, 3.05) is 6.61 Å². The molecule has 0 saturated heterocycles. The van der Waals surface area contributed by atoms with Gasteiger partial charge in [0.2, 0.25) is 0 Å². The number of rotatable bonds is 3. The zero-order chi connectivity index (χ0) is 17.1. The number of hydrogen-bond donors (Lipinski definition) is 3. The highest BCUT2D eigenvalue weighted by Gasteiger charge is 2.24. The molecular formula is C17H16F2N2O3. The number of benzene rings is 2. The normalized spacial score (nSPS) is 16.0. The van der Waals surface area contributed by atoms with Gasteiger partial charge in [0.05, 0.1) is 6.04 Å². The summed E-state index contributed by atoms with van der Waals surface area (Å²) < 4.78 is 32.1. The molecule has 0 fully saturated rings. The summed E-state index contributed by atoms with van der Waals surface area (Å²) in [6.07, 6.45) is 0.288. The van der Waals surface area contributed by atoms with Crippen LogP contribution in [-0.4, -0.2) is 23.8 Å². The third-order valence-electron chi connectivity index (χ3n) is 3.71. The van der Waals surface area contributed by atoms with Crippen molar-refractivity contribution < 1.29 is 23.4 Å². The predicted octanol–water partition coefficient (Wildman–Crippen LogP) is 2.47. The van der Waals surface area contributed by atoms with Gasteiger partial charge in [0.25, 0.3) is 0 Å². The molecule has 0 aliphatic carbocycles. The van der Waals surface area contributed by atoms with Crippen LogP contribution >= 0.6 is 0 Å². The summed E-state index contributed by atoms with van der Waals surface area (Å²) in [5.74, 6) is -1.22. The van der Waals surface area contributed by atoms with Crippen molar-refractivity contribution in [3.63, 3.8) is 0 Å². The lowest BCUT2D eigenvalue weighted by Gasteiger charge is -2.26. The highest BCUT2D eigenvalue weighted by molar-refractivity contribution is 5.74. The van der Waals surface area contributed by atoms with Gasteiger partial charge in [-0.1, -0.05) is 12.1 Å². The van der Waals surface area contributed by atoms with Gasteiger partial charge in [-0.3, -0.25) is 0 Å². The maximum Gasteiger partial charge on any atom is 0.315 e. The van der Waals surface area contributed by atoms with Gasteiger partial charge in [-0.15, -0.1) is 0 Å². The first kappa shape index (κ1) is 16.0. The van der Waals surface area contributed by atoms with Crippen LogP contribution in [0.4, 0.5) is 13.6 Å². The van der Waals surface area contributed by atoms with Crippen molar-refractivity contribution in [3.8, 4) is 11.5 Å². The van der Waals surface area contributed by atoms with Gasteiger partial charge in [0.1, 0.15) is 18.2 Å². The fourth-order valence-electron chi connectivity index (χ4n) is 2.56. The summed E-state index contributed by atoms with van der Waals surface area (Å²) in [5, 5.41) is 14.6. The van der Waals surface area contributed by atoms with Gasteiger partial charge >= 0.3 is 6.03 Å². The molecule has 0 aromatic heterocycles. The van der Waals surface area contributed by atoms with Crippen molar-refractivity contribution in [2.24, 2.45) is 0 Å². The quantitative estimate of drug-likeness (QED) is 0.808. The van der Waals surface area contributed by atoms with E-state index in [-0.39, 0.29) is 30.6 Å². The number of carbonyl (C=O) groups is 1. The van der Waals surface area contributed by atoms with Crippen LogP contribution in [0.5, 0.6) is 11.5 Å². The van der Waals surface area contributed by atoms with Crippen LogP contribution in [0.2, 0.25) is 0 Å². The van der Waals surface area contributed by atoms with Gasteiger partial charge in [0, 0.05) is 18.2 Å². The van der Waals surface area contributed by atoms with Gasteiger partial charge in [-0.2, -0.15) is 0 Å². The number of aromatic hydroxyl groups is 1. The van der Waals surface area contributed by atoms with Crippen LogP contribution in [0, 0.1) is 11.6 Å². The average Bonchev–Trinajstić information content (AvgIpc) is 2.54. The van der Waals surface area contributed by atoms with E-state index in [1.54, 1.807) is 12.1 Å². The lowest BCUT2D eigenvalue weighted by atomic mass is 10.0. The van der Waals surface area contributed by atoms with E-state index in [1.807, 2.05) is 0 Å². The smallest absolute Gasteiger partial charge is 0.315 e. The predicted molar refractivity (Wildman–Crippen MR) is 82.8 cm³/mol. The fraction of sp³-hybridized carbons (Fsp3) is 0.235. The largest absolute Gasteiger partial charge is 0.508 e. The number of urea groups is 1. The Morgan fingerprint density at radius 3 is 2.75 bits per heavy atom. The molecule has 3 N–H and O–H groups in total. The number of ether oxygens (including phenoxy) is 1. The van der Waals surface area contributed by atoms with Crippen LogP contribution in [0.15, 0.2) is 36.4 Å². The van der Waals surface area contributed by atoms with E-state index in [9.17, 15) is 18.7 Å². The van der Waals surface area contributed by atoms with E-state index in [1.165, 1.54) is 18.2 Å². The second-order valence-corrected chi connectivity index (χ2v) is 5.58. The maximum atomic E-state index is 13.6. The first-order chi connectivity index (χ1) is 11.5. The number of amides is 2. The Balaban J connectivity index is 1.54. The highest BCUT2D eigenvalue weighted by atomic mass is 19.1. The molecule has 1 aliphatic rings. The fourth-order valence-corrected chi connectivity index (χ4v) is 2.56. The lowest BCUT2D eigenvalue weighted by Crippen LogP contribution is -2.47. The Morgan fingerprint density at radius 1 is 1.25 bits per heavy atom. The molecule has 5 nitrogen and oxygen atoms in total. The summed E-state index contributed by atoms with van der Waals surface area (Å²) in [6.45, 7) is 0.404. The summed E-state index contributed by atoms with van der Waals surface area (Å²) in [4.78, 5) is 11.9. The van der Waals surface area contributed by atoms with E-state index in [4.69, 9.17) is 4.74 Å². The van der Waals surface area contributed by atoms with E-state index >= 15 is 0 Å². The standard InChI is InChI=1S/C17H16F2N2O3/c18-12-5-11-6-13(9-24-16(11)15(19)7-12)21-17(23)20-8-10-1-3-14(22)4-2-10/h1-5,7,13,22H,6,8-9H2,(H2,20,21,23). The third-order valence-corrected chi connectivity index (χ3v) is 3.71. The first-order valence-corrected chi connectivity index (χ1v) is 7.44. The van der Waals surface area contributed by atoms with Crippen molar-refractivity contribution in [1.29, 1.82) is 0 Å². The highest BCUT2D eigenvalue weighted by Crippen LogP contribution is 2.28. The van der Waals surface area contributed by atoms with Crippen molar-refractivity contribution in [3.05, 3.63) is 59.2 Å². The van der Waals surface area contributed by atoms with Gasteiger partial charge in [0.15, 0.2) is 11.6 Å². The Hall–Kier alpha value is -2.83. The molecule has 1 heterocycles. The molecule has 7 heteroatoms. The van der Waals surface area contributed by atoms with Gasteiger partial charge < -0.3 is 20.5 Å². The SMILES string of the molecule is O=C(NCc1ccc(O)cc1)NC1COc2c(F)cc(F)cc2C1. The van der Waals surface area contributed by atoms with Crippen LogP contribution in [0.25, 0.3) is 0 Å². The van der Waals surface area contributed by atoms with Gasteiger partial charge in [-0.25, -0.2) is 13.6 Å². The molecule has 2 amide bonds. The number of phenols is 1. The van der Waals surface area contributed by atoms with E-state index in [2.05, 4.69) is 10.6 Å². The first-order valence-electron chi connectivity index (χ1n) is 7.44. The summed E-state index contributed by atoms with van der Waals surface area (Å²) in [5.41, 5.74) is 1.22. The van der Waals surface area contributed by atoms with Crippen molar-refractivity contribution in [2.45, 2.75) is 19.0 Å². The minimum Gasteiger partial charge on any atom is -0.508 e. The third kappa shape index (κ3) is 3.73. The molecule has 1 aliphatic heterocycles. The minimum atomic E-state index is -0.736. The molecule has 0 saturated carbocycles. The molecule has 2 aromatic rings. The molecule has 24 heavy (non-hydrogen) atoms. The second-order valence-electron chi connectivity index (χ2n) is 5.58. The number of fused-ring (bicyclic) bond motifs is 1. The molecule has 0 spiro atoms. The van der Waals surface area contributed by atoms with Crippen LogP contribution < -0.4 is 15.4 Å². The monoisotopic (exact) mass is 334 g/mol. The van der Waals surface area contributed by atoms with Crippen LogP contribution in [-0.2, 0) is 13.0 Å². The molecule has 0 bridgehead atoms. The maximum absolute atomic E-state index is 13.6.